The summed E-state index contributed by atoms with van der Waals surface area (Å²) in [5, 5.41) is 0.756. The van der Waals surface area contributed by atoms with Gasteiger partial charge in [0.05, 0.1) is 0 Å². The number of halogens is 1. The minimum absolute atomic E-state index is 0.0107. The quantitative estimate of drug-likeness (QED) is 0.800. The molecule has 2 heteroatoms. The molecule has 1 aliphatic carbocycles. The van der Waals surface area contributed by atoms with E-state index in [-0.39, 0.29) is 5.92 Å². The molecule has 1 aliphatic rings. The first-order valence-corrected chi connectivity index (χ1v) is 6.97. The highest BCUT2D eigenvalue weighted by Gasteiger charge is 2.27. The van der Waals surface area contributed by atoms with Crippen molar-refractivity contribution in [3.8, 4) is 0 Å². The molecule has 0 radical (unpaired) electrons. The maximum Gasteiger partial charge on any atom is 0.141 e. The number of carbonyl (C=O) groups is 1. The predicted molar refractivity (Wildman–Crippen MR) is 77.7 cm³/mol. The number of Topliss-reactive ketones (excluding diaryl/α,β-unsaturated/α-hetero) is 1. The van der Waals surface area contributed by atoms with Crippen molar-refractivity contribution in [1.82, 2.24) is 0 Å². The lowest BCUT2D eigenvalue weighted by atomic mass is 9.79. The lowest BCUT2D eigenvalue weighted by Crippen LogP contribution is -2.22. The molecule has 0 aromatic heterocycles. The van der Waals surface area contributed by atoms with Gasteiger partial charge in [0.15, 0.2) is 0 Å². The fourth-order valence-corrected chi connectivity index (χ4v) is 3.00. The Bertz CT molecular complexity index is 604. The molecule has 0 N–H and O–H groups in total. The topological polar surface area (TPSA) is 17.1 Å². The molecule has 0 bridgehead atoms. The summed E-state index contributed by atoms with van der Waals surface area (Å²) in [5.74, 6) is 0.335. The normalized spacial score (nSPS) is 18.2. The third kappa shape index (κ3) is 2.57. The van der Waals surface area contributed by atoms with E-state index in [4.69, 9.17) is 11.6 Å². The number of carbonyl (C=O) groups excluding carboxylic acids is 1. The van der Waals surface area contributed by atoms with Gasteiger partial charge in [0.1, 0.15) is 5.78 Å². The Labute approximate surface area is 118 Å². The monoisotopic (exact) mass is 270 g/mol. The summed E-state index contributed by atoms with van der Waals surface area (Å²) in [5.41, 5.74) is 3.60. The molecule has 96 valence electrons. The van der Waals surface area contributed by atoms with Gasteiger partial charge in [-0.25, -0.2) is 0 Å². The van der Waals surface area contributed by atoms with E-state index < -0.39 is 0 Å². The molecule has 1 nitrogen and oxygen atoms in total. The highest BCUT2D eigenvalue weighted by Crippen LogP contribution is 2.33. The third-order valence-corrected chi connectivity index (χ3v) is 4.03. The number of fused-ring (bicyclic) bond motifs is 1. The van der Waals surface area contributed by atoms with Crippen molar-refractivity contribution in [1.29, 1.82) is 0 Å². The zero-order valence-electron chi connectivity index (χ0n) is 10.6. The van der Waals surface area contributed by atoms with Gasteiger partial charge in [0.25, 0.3) is 0 Å². The van der Waals surface area contributed by atoms with Gasteiger partial charge in [-0.05, 0) is 41.7 Å². The highest BCUT2D eigenvalue weighted by molar-refractivity contribution is 6.30. The van der Waals surface area contributed by atoms with Crippen molar-refractivity contribution in [3.63, 3.8) is 0 Å². The Morgan fingerprint density at radius 1 is 1.05 bits per heavy atom. The van der Waals surface area contributed by atoms with E-state index in [1.807, 2.05) is 36.4 Å². The maximum absolute atomic E-state index is 12.2. The molecular formula is C17H15ClO. The molecule has 0 saturated heterocycles. The van der Waals surface area contributed by atoms with Gasteiger partial charge in [-0.3, -0.25) is 4.79 Å². The second kappa shape index (κ2) is 5.18. The van der Waals surface area contributed by atoms with Crippen molar-refractivity contribution in [2.75, 3.05) is 0 Å². The van der Waals surface area contributed by atoms with Gasteiger partial charge in [-0.15, -0.1) is 0 Å². The SMILES string of the molecule is O=C1CCc2cc(Cl)ccc2C1Cc1ccccc1. The molecule has 2 aromatic carbocycles. The molecule has 2 aromatic rings. The van der Waals surface area contributed by atoms with Gasteiger partial charge in [-0.2, -0.15) is 0 Å². The van der Waals surface area contributed by atoms with E-state index in [9.17, 15) is 4.79 Å². The van der Waals surface area contributed by atoms with Crippen LogP contribution < -0.4 is 0 Å². The average molecular weight is 271 g/mol. The van der Waals surface area contributed by atoms with Crippen LogP contribution in [0.25, 0.3) is 0 Å². The first-order chi connectivity index (χ1) is 9.24. The van der Waals surface area contributed by atoms with Gasteiger partial charge >= 0.3 is 0 Å². The van der Waals surface area contributed by atoms with Crippen molar-refractivity contribution in [2.45, 2.75) is 25.2 Å². The molecule has 19 heavy (non-hydrogen) atoms. The van der Waals surface area contributed by atoms with Crippen LogP contribution in [0.1, 0.15) is 29.0 Å². The summed E-state index contributed by atoms with van der Waals surface area (Å²) in [4.78, 5) is 12.2. The van der Waals surface area contributed by atoms with Gasteiger partial charge in [0.2, 0.25) is 0 Å². The molecule has 1 unspecified atom stereocenters. The highest BCUT2D eigenvalue weighted by atomic mass is 35.5. The standard InChI is InChI=1S/C17H15ClO/c18-14-7-8-15-13(11-14)6-9-17(19)16(15)10-12-4-2-1-3-5-12/h1-5,7-8,11,16H,6,9-10H2. The third-order valence-electron chi connectivity index (χ3n) is 3.79. The molecule has 1 atom stereocenters. The van der Waals surface area contributed by atoms with E-state index in [1.165, 1.54) is 11.1 Å². The number of benzene rings is 2. The van der Waals surface area contributed by atoms with E-state index >= 15 is 0 Å². The molecular weight excluding hydrogens is 256 g/mol. The van der Waals surface area contributed by atoms with Crippen molar-refractivity contribution in [3.05, 3.63) is 70.2 Å². The van der Waals surface area contributed by atoms with Crippen LogP contribution in [-0.4, -0.2) is 5.78 Å². The summed E-state index contributed by atoms with van der Waals surface area (Å²) >= 11 is 6.04. The van der Waals surface area contributed by atoms with Crippen molar-refractivity contribution in [2.24, 2.45) is 0 Å². The molecule has 0 spiro atoms. The Morgan fingerprint density at radius 3 is 2.63 bits per heavy atom. The Kier molecular flexibility index (Phi) is 3.39. The minimum Gasteiger partial charge on any atom is -0.299 e. The number of ketones is 1. The summed E-state index contributed by atoms with van der Waals surface area (Å²) in [6.07, 6.45) is 2.24. The van der Waals surface area contributed by atoms with Crippen LogP contribution in [0.5, 0.6) is 0 Å². The fraction of sp³-hybridized carbons (Fsp3) is 0.235. The van der Waals surface area contributed by atoms with Crippen LogP contribution in [0.3, 0.4) is 0 Å². The number of rotatable bonds is 2. The van der Waals surface area contributed by atoms with Crippen molar-refractivity contribution >= 4 is 17.4 Å². The summed E-state index contributed by atoms with van der Waals surface area (Å²) in [6.45, 7) is 0. The Balaban J connectivity index is 1.95. The first-order valence-electron chi connectivity index (χ1n) is 6.59. The van der Waals surface area contributed by atoms with E-state index in [0.717, 1.165) is 23.4 Å². The summed E-state index contributed by atoms with van der Waals surface area (Å²) in [7, 11) is 0. The van der Waals surface area contributed by atoms with Crippen LogP contribution in [0.4, 0.5) is 0 Å². The second-order valence-corrected chi connectivity index (χ2v) is 5.49. The molecule has 0 saturated carbocycles. The molecule has 3 rings (SSSR count). The van der Waals surface area contributed by atoms with E-state index in [0.29, 0.717) is 12.2 Å². The lowest BCUT2D eigenvalue weighted by molar-refractivity contribution is -0.120. The predicted octanol–water partition coefficient (Wildman–Crippen LogP) is 4.18. The van der Waals surface area contributed by atoms with Gasteiger partial charge in [-0.1, -0.05) is 48.0 Å². The maximum atomic E-state index is 12.2. The second-order valence-electron chi connectivity index (χ2n) is 5.05. The van der Waals surface area contributed by atoms with E-state index in [2.05, 4.69) is 12.1 Å². The van der Waals surface area contributed by atoms with Crippen molar-refractivity contribution < 1.29 is 4.79 Å². The molecule has 0 fully saturated rings. The summed E-state index contributed by atoms with van der Waals surface area (Å²) < 4.78 is 0. The average Bonchev–Trinajstić information content (AvgIpc) is 2.43. The first kappa shape index (κ1) is 12.4. The van der Waals surface area contributed by atoms with E-state index in [1.54, 1.807) is 0 Å². The number of hydrogen-bond donors (Lipinski definition) is 0. The van der Waals surface area contributed by atoms with Gasteiger partial charge < -0.3 is 0 Å². The number of aryl methyl sites for hydroxylation is 1. The molecule has 0 heterocycles. The zero-order valence-corrected chi connectivity index (χ0v) is 11.4. The minimum atomic E-state index is -0.0107. The summed E-state index contributed by atoms with van der Waals surface area (Å²) in [6, 6.07) is 16.1. The van der Waals surface area contributed by atoms with Crippen LogP contribution in [0.15, 0.2) is 48.5 Å². The largest absolute Gasteiger partial charge is 0.299 e. The smallest absolute Gasteiger partial charge is 0.141 e. The van der Waals surface area contributed by atoms with Crippen LogP contribution in [-0.2, 0) is 17.6 Å². The zero-order chi connectivity index (χ0) is 13.2. The number of hydrogen-bond acceptors (Lipinski definition) is 1. The molecule has 0 aliphatic heterocycles. The Morgan fingerprint density at radius 2 is 1.84 bits per heavy atom. The van der Waals surface area contributed by atoms with Crippen LogP contribution >= 0.6 is 11.6 Å². The van der Waals surface area contributed by atoms with Crippen LogP contribution in [0.2, 0.25) is 5.02 Å². The molecule has 0 amide bonds. The van der Waals surface area contributed by atoms with Gasteiger partial charge in [0, 0.05) is 17.4 Å². The lowest BCUT2D eigenvalue weighted by Gasteiger charge is -2.24. The Hall–Kier alpha value is -1.60. The fourth-order valence-electron chi connectivity index (χ4n) is 2.81. The van der Waals surface area contributed by atoms with Crippen LogP contribution in [0, 0.1) is 0 Å².